The van der Waals surface area contributed by atoms with E-state index in [9.17, 15) is 5.11 Å². The first-order valence-electron chi connectivity index (χ1n) is 6.52. The largest absolute Gasteiger partial charge is 0.508 e. The van der Waals surface area contributed by atoms with Gasteiger partial charge in [0.15, 0.2) is 0 Å². The number of benzene rings is 2. The summed E-state index contributed by atoms with van der Waals surface area (Å²) in [5.74, 6) is 0.282. The maximum Gasteiger partial charge on any atom is 0.117 e. The Labute approximate surface area is 114 Å². The second-order valence-electron chi connectivity index (χ2n) is 4.55. The minimum atomic E-state index is 0.282. The fraction of sp³-hybridized carbons (Fsp3) is 0.250. The highest BCUT2D eigenvalue weighted by atomic mass is 16.3. The van der Waals surface area contributed by atoms with Crippen molar-refractivity contribution in [2.75, 3.05) is 11.4 Å². The first-order chi connectivity index (χ1) is 9.17. The summed E-state index contributed by atoms with van der Waals surface area (Å²) in [6, 6.07) is 13.5. The minimum Gasteiger partial charge on any atom is -0.508 e. The lowest BCUT2D eigenvalue weighted by atomic mass is 10.1. The Hall–Kier alpha value is -2.00. The molecule has 0 saturated heterocycles. The fourth-order valence-electron chi connectivity index (χ4n) is 2.31. The average Bonchev–Trinajstić information content (AvgIpc) is 2.44. The van der Waals surface area contributed by atoms with Gasteiger partial charge in [0.1, 0.15) is 5.75 Å². The van der Waals surface area contributed by atoms with Gasteiger partial charge in [-0.15, -0.1) is 0 Å². The van der Waals surface area contributed by atoms with E-state index >= 15 is 0 Å². The molecule has 0 fully saturated rings. The van der Waals surface area contributed by atoms with E-state index in [2.05, 4.69) is 17.9 Å². The molecule has 3 heteroatoms. The molecular formula is C16H20N2O. The SMILES string of the molecule is CCN(c1cc(O)ccc1C)c1ccccc1CN. The molecule has 0 saturated carbocycles. The molecule has 0 aliphatic carbocycles. The Bertz CT molecular complexity index is 566. The van der Waals surface area contributed by atoms with Crippen LogP contribution >= 0.6 is 0 Å². The third-order valence-electron chi connectivity index (χ3n) is 3.30. The molecule has 0 aliphatic heterocycles. The van der Waals surface area contributed by atoms with Gasteiger partial charge in [0.2, 0.25) is 0 Å². The Balaban J connectivity index is 2.53. The molecule has 3 N–H and O–H groups in total. The Kier molecular flexibility index (Phi) is 4.07. The third-order valence-corrected chi connectivity index (χ3v) is 3.30. The van der Waals surface area contributed by atoms with Crippen LogP contribution in [-0.2, 0) is 6.54 Å². The van der Waals surface area contributed by atoms with Crippen LogP contribution in [0.15, 0.2) is 42.5 Å². The number of rotatable bonds is 4. The van der Waals surface area contributed by atoms with Crippen molar-refractivity contribution in [3.8, 4) is 5.75 Å². The van der Waals surface area contributed by atoms with Crippen LogP contribution in [-0.4, -0.2) is 11.7 Å². The third kappa shape index (κ3) is 2.71. The van der Waals surface area contributed by atoms with E-state index in [0.29, 0.717) is 6.54 Å². The van der Waals surface area contributed by atoms with Crippen molar-refractivity contribution in [2.45, 2.75) is 20.4 Å². The molecule has 0 atom stereocenters. The Morgan fingerprint density at radius 3 is 2.53 bits per heavy atom. The lowest BCUT2D eigenvalue weighted by Crippen LogP contribution is -2.19. The summed E-state index contributed by atoms with van der Waals surface area (Å²) >= 11 is 0. The van der Waals surface area contributed by atoms with Crippen molar-refractivity contribution >= 4 is 11.4 Å². The lowest BCUT2D eigenvalue weighted by Gasteiger charge is -2.27. The summed E-state index contributed by atoms with van der Waals surface area (Å²) in [6.45, 7) is 5.46. The van der Waals surface area contributed by atoms with Crippen molar-refractivity contribution in [3.05, 3.63) is 53.6 Å². The maximum absolute atomic E-state index is 9.70. The topological polar surface area (TPSA) is 49.5 Å². The molecule has 0 spiro atoms. The normalized spacial score (nSPS) is 10.5. The van der Waals surface area contributed by atoms with Gasteiger partial charge in [-0.2, -0.15) is 0 Å². The highest BCUT2D eigenvalue weighted by Crippen LogP contribution is 2.32. The molecule has 2 aromatic rings. The van der Waals surface area contributed by atoms with Crippen LogP contribution in [0.4, 0.5) is 11.4 Å². The van der Waals surface area contributed by atoms with Crippen molar-refractivity contribution in [2.24, 2.45) is 5.73 Å². The Morgan fingerprint density at radius 1 is 1.11 bits per heavy atom. The molecule has 19 heavy (non-hydrogen) atoms. The maximum atomic E-state index is 9.70. The van der Waals surface area contributed by atoms with E-state index in [1.54, 1.807) is 12.1 Å². The van der Waals surface area contributed by atoms with Crippen molar-refractivity contribution in [3.63, 3.8) is 0 Å². The van der Waals surface area contributed by atoms with E-state index in [0.717, 1.165) is 29.0 Å². The van der Waals surface area contributed by atoms with Gasteiger partial charge in [-0.05, 0) is 37.1 Å². The molecule has 3 nitrogen and oxygen atoms in total. The summed E-state index contributed by atoms with van der Waals surface area (Å²) in [7, 11) is 0. The lowest BCUT2D eigenvalue weighted by molar-refractivity contribution is 0.475. The molecule has 0 heterocycles. The molecule has 0 aliphatic rings. The van der Waals surface area contributed by atoms with E-state index < -0.39 is 0 Å². The van der Waals surface area contributed by atoms with Crippen LogP contribution in [0, 0.1) is 6.92 Å². The minimum absolute atomic E-state index is 0.282. The van der Waals surface area contributed by atoms with Crippen molar-refractivity contribution in [1.82, 2.24) is 0 Å². The van der Waals surface area contributed by atoms with E-state index in [1.807, 2.05) is 31.2 Å². The van der Waals surface area contributed by atoms with Crippen LogP contribution in [0.5, 0.6) is 5.75 Å². The highest BCUT2D eigenvalue weighted by molar-refractivity contribution is 5.70. The summed E-state index contributed by atoms with van der Waals surface area (Å²) in [4.78, 5) is 2.18. The van der Waals surface area contributed by atoms with Gasteiger partial charge in [-0.1, -0.05) is 24.3 Å². The molecule has 0 bridgehead atoms. The zero-order chi connectivity index (χ0) is 13.8. The molecular weight excluding hydrogens is 236 g/mol. The van der Waals surface area contributed by atoms with E-state index in [1.165, 1.54) is 0 Å². The summed E-state index contributed by atoms with van der Waals surface area (Å²) in [6.07, 6.45) is 0. The fourth-order valence-corrected chi connectivity index (χ4v) is 2.31. The number of anilines is 2. The van der Waals surface area contributed by atoms with Crippen molar-refractivity contribution < 1.29 is 5.11 Å². The van der Waals surface area contributed by atoms with Gasteiger partial charge in [-0.25, -0.2) is 0 Å². The first kappa shape index (κ1) is 13.4. The highest BCUT2D eigenvalue weighted by Gasteiger charge is 2.13. The number of phenolic OH excluding ortho intramolecular Hbond substituents is 1. The average molecular weight is 256 g/mol. The molecule has 2 rings (SSSR count). The number of para-hydroxylation sites is 1. The van der Waals surface area contributed by atoms with Crippen LogP contribution in [0.3, 0.4) is 0 Å². The van der Waals surface area contributed by atoms with Gasteiger partial charge >= 0.3 is 0 Å². The quantitative estimate of drug-likeness (QED) is 0.882. The number of nitrogens with zero attached hydrogens (tertiary/aromatic N) is 1. The van der Waals surface area contributed by atoms with E-state index in [-0.39, 0.29) is 5.75 Å². The number of aryl methyl sites for hydroxylation is 1. The smallest absolute Gasteiger partial charge is 0.117 e. The van der Waals surface area contributed by atoms with Gasteiger partial charge in [-0.3, -0.25) is 0 Å². The van der Waals surface area contributed by atoms with Gasteiger partial charge < -0.3 is 15.7 Å². The van der Waals surface area contributed by atoms with Crippen LogP contribution in [0.25, 0.3) is 0 Å². The summed E-state index contributed by atoms with van der Waals surface area (Å²) in [5, 5.41) is 9.70. The molecule has 100 valence electrons. The van der Waals surface area contributed by atoms with Gasteiger partial charge in [0.05, 0.1) is 0 Å². The first-order valence-corrected chi connectivity index (χ1v) is 6.52. The van der Waals surface area contributed by atoms with Crippen molar-refractivity contribution in [1.29, 1.82) is 0 Å². The number of phenols is 1. The van der Waals surface area contributed by atoms with Crippen LogP contribution in [0.1, 0.15) is 18.1 Å². The summed E-state index contributed by atoms with van der Waals surface area (Å²) < 4.78 is 0. The van der Waals surface area contributed by atoms with Gasteiger partial charge in [0, 0.05) is 30.5 Å². The second kappa shape index (κ2) is 5.76. The Morgan fingerprint density at radius 2 is 1.84 bits per heavy atom. The predicted octanol–water partition coefficient (Wildman–Crippen LogP) is 3.32. The zero-order valence-corrected chi connectivity index (χ0v) is 11.4. The molecule has 0 aromatic heterocycles. The molecule has 0 radical (unpaired) electrons. The van der Waals surface area contributed by atoms with E-state index in [4.69, 9.17) is 5.73 Å². The van der Waals surface area contributed by atoms with Crippen LogP contribution < -0.4 is 10.6 Å². The number of aromatic hydroxyl groups is 1. The molecule has 0 amide bonds. The number of hydrogen-bond acceptors (Lipinski definition) is 3. The predicted molar refractivity (Wildman–Crippen MR) is 79.9 cm³/mol. The molecule has 2 aromatic carbocycles. The van der Waals surface area contributed by atoms with Crippen LogP contribution in [0.2, 0.25) is 0 Å². The standard InChI is InChI=1S/C16H20N2O/c1-3-18(15-7-5-4-6-13(15)11-17)16-10-14(19)9-8-12(16)2/h4-10,19H,3,11,17H2,1-2H3. The second-order valence-corrected chi connectivity index (χ2v) is 4.55. The van der Waals surface area contributed by atoms with Gasteiger partial charge in [0.25, 0.3) is 0 Å². The zero-order valence-electron chi connectivity index (χ0n) is 11.4. The summed E-state index contributed by atoms with van der Waals surface area (Å²) in [5.41, 5.74) is 10.2. The number of hydrogen-bond donors (Lipinski definition) is 2. The monoisotopic (exact) mass is 256 g/mol. The molecule has 0 unspecified atom stereocenters. The number of nitrogens with two attached hydrogens (primary N) is 1.